The van der Waals surface area contributed by atoms with Crippen LogP contribution in [0.15, 0.2) is 12.4 Å². The number of halogens is 2. The van der Waals surface area contributed by atoms with E-state index in [0.717, 1.165) is 31.2 Å². The first-order valence-electron chi connectivity index (χ1n) is 4.67. The van der Waals surface area contributed by atoms with Gasteiger partial charge in [0.2, 0.25) is 0 Å². The molecule has 1 heterocycles. The summed E-state index contributed by atoms with van der Waals surface area (Å²) in [6, 6.07) is 0. The van der Waals surface area contributed by atoms with Crippen LogP contribution in [0.5, 0.6) is 0 Å². The molecule has 0 aromatic carbocycles. The van der Waals surface area contributed by atoms with E-state index >= 15 is 0 Å². The van der Waals surface area contributed by atoms with Crippen molar-refractivity contribution in [1.29, 1.82) is 0 Å². The van der Waals surface area contributed by atoms with E-state index in [1.54, 1.807) is 12.4 Å². The van der Waals surface area contributed by atoms with Crippen LogP contribution in [0.4, 0.5) is 0 Å². The van der Waals surface area contributed by atoms with Crippen molar-refractivity contribution < 1.29 is 0 Å². The Hall–Kier alpha value is -0.310. The van der Waals surface area contributed by atoms with Gasteiger partial charge in [0.1, 0.15) is 0 Å². The van der Waals surface area contributed by atoms with E-state index < -0.39 is 0 Å². The van der Waals surface area contributed by atoms with E-state index in [4.69, 9.17) is 28.9 Å². The summed E-state index contributed by atoms with van der Waals surface area (Å²) < 4.78 is 0. The van der Waals surface area contributed by atoms with Crippen molar-refractivity contribution in [3.63, 3.8) is 0 Å². The molecular weight excluding hydrogens is 219 g/mol. The van der Waals surface area contributed by atoms with Crippen LogP contribution in [-0.2, 0) is 6.42 Å². The topological polar surface area (TPSA) is 38.9 Å². The number of aromatic nitrogens is 1. The van der Waals surface area contributed by atoms with Gasteiger partial charge in [0.05, 0.1) is 10.0 Å². The molecule has 0 aliphatic heterocycles. The van der Waals surface area contributed by atoms with Crippen LogP contribution in [-0.4, -0.2) is 10.5 Å². The summed E-state index contributed by atoms with van der Waals surface area (Å²) in [5, 5.41) is 1.28. The molecule has 1 saturated carbocycles. The van der Waals surface area contributed by atoms with Gasteiger partial charge >= 0.3 is 0 Å². The molecule has 1 aliphatic carbocycles. The van der Waals surface area contributed by atoms with E-state index in [0.29, 0.717) is 10.0 Å². The zero-order valence-electron chi connectivity index (χ0n) is 7.76. The van der Waals surface area contributed by atoms with E-state index in [1.165, 1.54) is 0 Å². The summed E-state index contributed by atoms with van der Waals surface area (Å²) in [6.07, 6.45) is 7.28. The average Bonchev–Trinajstić information content (AvgIpc) is 2.83. The van der Waals surface area contributed by atoms with Gasteiger partial charge in [0.25, 0.3) is 0 Å². The van der Waals surface area contributed by atoms with Crippen LogP contribution >= 0.6 is 23.2 Å². The van der Waals surface area contributed by atoms with Crippen molar-refractivity contribution >= 4 is 23.2 Å². The molecule has 4 heteroatoms. The molecular formula is C10H12Cl2N2. The second-order valence-electron chi connectivity index (χ2n) is 3.94. The molecule has 2 N–H and O–H groups in total. The van der Waals surface area contributed by atoms with E-state index in [1.807, 2.05) is 0 Å². The molecule has 2 rings (SSSR count). The number of nitrogens with zero attached hydrogens (tertiary/aromatic N) is 1. The van der Waals surface area contributed by atoms with E-state index in [9.17, 15) is 0 Å². The zero-order valence-corrected chi connectivity index (χ0v) is 9.28. The fourth-order valence-corrected chi connectivity index (χ4v) is 2.02. The van der Waals surface area contributed by atoms with Crippen LogP contribution in [0.2, 0.25) is 10.0 Å². The maximum absolute atomic E-state index is 5.99. The van der Waals surface area contributed by atoms with E-state index in [-0.39, 0.29) is 5.54 Å². The molecule has 1 aromatic rings. The summed E-state index contributed by atoms with van der Waals surface area (Å²) in [7, 11) is 0. The van der Waals surface area contributed by atoms with Crippen molar-refractivity contribution in [2.45, 2.75) is 31.2 Å². The highest BCUT2D eigenvalue weighted by Gasteiger charge is 2.37. The smallest absolute Gasteiger partial charge is 0.0636 e. The highest BCUT2D eigenvalue weighted by Crippen LogP contribution is 2.37. The molecule has 2 nitrogen and oxygen atoms in total. The lowest BCUT2D eigenvalue weighted by Gasteiger charge is -2.10. The molecule has 0 bridgehead atoms. The highest BCUT2D eigenvalue weighted by molar-refractivity contribution is 6.35. The molecule has 1 fully saturated rings. The van der Waals surface area contributed by atoms with Crippen molar-refractivity contribution in [3.8, 4) is 0 Å². The quantitative estimate of drug-likeness (QED) is 0.868. The van der Waals surface area contributed by atoms with Gasteiger partial charge in [-0.25, -0.2) is 0 Å². The Kier molecular flexibility index (Phi) is 2.69. The number of hydrogen-bond donors (Lipinski definition) is 1. The maximum Gasteiger partial charge on any atom is 0.0636 e. The first-order chi connectivity index (χ1) is 6.61. The van der Waals surface area contributed by atoms with Gasteiger partial charge in [-0.15, -0.1) is 0 Å². The highest BCUT2D eigenvalue weighted by atomic mass is 35.5. The van der Waals surface area contributed by atoms with E-state index in [2.05, 4.69) is 4.98 Å². The van der Waals surface area contributed by atoms with Crippen molar-refractivity contribution in [3.05, 3.63) is 28.0 Å². The van der Waals surface area contributed by atoms with Gasteiger partial charge in [-0.1, -0.05) is 23.2 Å². The third-order valence-corrected chi connectivity index (χ3v) is 3.37. The fourth-order valence-electron chi connectivity index (χ4n) is 1.46. The molecule has 0 saturated heterocycles. The number of pyridine rings is 1. The zero-order chi connectivity index (χ0) is 10.2. The standard InChI is InChI=1S/C10H12Cl2N2/c11-8-5-14-6-9(12)7(8)1-2-10(13)3-4-10/h5-6H,1-4,13H2. The van der Waals surface area contributed by atoms with Gasteiger partial charge in [-0.05, 0) is 31.2 Å². The molecule has 1 aromatic heterocycles. The molecule has 0 atom stereocenters. The summed E-state index contributed by atoms with van der Waals surface area (Å²) in [6.45, 7) is 0. The Labute approximate surface area is 93.4 Å². The summed E-state index contributed by atoms with van der Waals surface area (Å²) in [5.74, 6) is 0. The SMILES string of the molecule is NC1(CCc2c(Cl)cncc2Cl)CC1. The molecule has 0 spiro atoms. The number of nitrogens with two attached hydrogens (primary N) is 1. The Balaban J connectivity index is 2.08. The fraction of sp³-hybridized carbons (Fsp3) is 0.500. The van der Waals surface area contributed by atoms with Crippen molar-refractivity contribution in [2.24, 2.45) is 5.73 Å². The number of hydrogen-bond acceptors (Lipinski definition) is 2. The van der Waals surface area contributed by atoms with Crippen LogP contribution in [0, 0.1) is 0 Å². The summed E-state index contributed by atoms with van der Waals surface area (Å²) in [4.78, 5) is 3.91. The van der Waals surface area contributed by atoms with Crippen molar-refractivity contribution in [1.82, 2.24) is 4.98 Å². The minimum Gasteiger partial charge on any atom is -0.325 e. The van der Waals surface area contributed by atoms with Crippen LogP contribution in [0.3, 0.4) is 0 Å². The van der Waals surface area contributed by atoms with Crippen LogP contribution in [0.1, 0.15) is 24.8 Å². The molecule has 1 aliphatic rings. The second kappa shape index (κ2) is 3.69. The first kappa shape index (κ1) is 10.2. The monoisotopic (exact) mass is 230 g/mol. The lowest BCUT2D eigenvalue weighted by molar-refractivity contribution is 0.609. The first-order valence-corrected chi connectivity index (χ1v) is 5.43. The third kappa shape index (κ3) is 2.19. The third-order valence-electron chi connectivity index (χ3n) is 2.72. The second-order valence-corrected chi connectivity index (χ2v) is 4.76. The Morgan fingerprint density at radius 2 is 1.86 bits per heavy atom. The van der Waals surface area contributed by atoms with Crippen LogP contribution < -0.4 is 5.73 Å². The minimum atomic E-state index is 0.0515. The van der Waals surface area contributed by atoms with Gasteiger partial charge < -0.3 is 5.73 Å². The Bertz CT molecular complexity index is 328. The minimum absolute atomic E-state index is 0.0515. The molecule has 14 heavy (non-hydrogen) atoms. The van der Waals surface area contributed by atoms with Crippen LogP contribution in [0.25, 0.3) is 0 Å². The summed E-state index contributed by atoms with van der Waals surface area (Å²) in [5.41, 5.74) is 7.02. The predicted octanol–water partition coefficient (Wildman–Crippen LogP) is 2.81. The van der Waals surface area contributed by atoms with Gasteiger partial charge in [0, 0.05) is 17.9 Å². The van der Waals surface area contributed by atoms with Crippen molar-refractivity contribution in [2.75, 3.05) is 0 Å². The number of rotatable bonds is 3. The lowest BCUT2D eigenvalue weighted by Crippen LogP contribution is -2.22. The molecule has 0 amide bonds. The normalized spacial score (nSPS) is 18.2. The Morgan fingerprint density at radius 1 is 1.29 bits per heavy atom. The van der Waals surface area contributed by atoms with Gasteiger partial charge in [0.15, 0.2) is 0 Å². The average molecular weight is 231 g/mol. The molecule has 76 valence electrons. The predicted molar refractivity (Wildman–Crippen MR) is 58.7 cm³/mol. The van der Waals surface area contributed by atoms with Gasteiger partial charge in [-0.2, -0.15) is 0 Å². The maximum atomic E-state index is 5.99. The van der Waals surface area contributed by atoms with Gasteiger partial charge in [-0.3, -0.25) is 4.98 Å². The molecule has 0 unspecified atom stereocenters. The molecule has 0 radical (unpaired) electrons. The largest absolute Gasteiger partial charge is 0.325 e. The lowest BCUT2D eigenvalue weighted by atomic mass is 10.1. The summed E-state index contributed by atoms with van der Waals surface area (Å²) >= 11 is 12.0. The Morgan fingerprint density at radius 3 is 2.36 bits per heavy atom.